The van der Waals surface area contributed by atoms with E-state index in [2.05, 4.69) is 15.9 Å². The lowest BCUT2D eigenvalue weighted by atomic mass is 10.1. The van der Waals surface area contributed by atoms with E-state index in [0.29, 0.717) is 19.7 Å². The van der Waals surface area contributed by atoms with Gasteiger partial charge in [0.05, 0.1) is 11.5 Å². The number of rotatable bonds is 4. The number of para-hydroxylation sites is 1. The van der Waals surface area contributed by atoms with Gasteiger partial charge in [-0.2, -0.15) is 0 Å². The van der Waals surface area contributed by atoms with Crippen LogP contribution in [0.5, 0.6) is 0 Å². The molecular formula is C16H16BrN3O5S. The van der Waals surface area contributed by atoms with Crippen LogP contribution in [-0.4, -0.2) is 33.0 Å². The molecule has 0 aliphatic carbocycles. The molecule has 1 saturated heterocycles. The fraction of sp³-hybridized carbons (Fsp3) is 0.250. The van der Waals surface area contributed by atoms with Crippen molar-refractivity contribution in [1.29, 1.82) is 0 Å². The first-order valence-corrected chi connectivity index (χ1v) is 10.0. The zero-order chi connectivity index (χ0) is 18.9. The summed E-state index contributed by atoms with van der Waals surface area (Å²) in [5, 5.41) is 16.7. The lowest BCUT2D eigenvalue weighted by Crippen LogP contribution is -2.38. The highest BCUT2D eigenvalue weighted by Gasteiger charge is 2.32. The van der Waals surface area contributed by atoms with Crippen LogP contribution in [0.4, 0.5) is 11.4 Å². The number of benzene rings is 2. The van der Waals surface area contributed by atoms with E-state index < -0.39 is 25.5 Å². The number of nitrogens with two attached hydrogens (primary N) is 1. The maximum Gasteiger partial charge on any atom is 0.312 e. The Morgan fingerprint density at radius 1 is 1.23 bits per heavy atom. The Balaban J connectivity index is 1.98. The Bertz CT molecular complexity index is 933. The van der Waals surface area contributed by atoms with E-state index in [1.54, 1.807) is 4.90 Å². The summed E-state index contributed by atoms with van der Waals surface area (Å²) in [6, 6.07) is 11.7. The molecule has 10 heteroatoms. The van der Waals surface area contributed by atoms with Crippen LogP contribution in [0.1, 0.15) is 11.7 Å². The van der Waals surface area contributed by atoms with E-state index >= 15 is 0 Å². The molecule has 138 valence electrons. The molecule has 2 aromatic rings. The van der Waals surface area contributed by atoms with Gasteiger partial charge in [0.1, 0.15) is 11.8 Å². The highest BCUT2D eigenvalue weighted by Crippen LogP contribution is 2.36. The molecule has 26 heavy (non-hydrogen) atoms. The van der Waals surface area contributed by atoms with Gasteiger partial charge >= 0.3 is 5.69 Å². The van der Waals surface area contributed by atoms with Gasteiger partial charge in [0, 0.05) is 17.6 Å². The van der Waals surface area contributed by atoms with Gasteiger partial charge in [-0.1, -0.05) is 34.1 Å². The SMILES string of the molecule is NS(=O)(=O)c1cccc(N2CCOC(c3ccc(Br)cc3)C2)c1[N+](=O)[O-]. The third kappa shape index (κ3) is 3.88. The average molecular weight is 442 g/mol. The lowest BCUT2D eigenvalue weighted by molar-refractivity contribution is -0.387. The predicted octanol–water partition coefficient (Wildman–Crippen LogP) is 2.58. The molecule has 1 aliphatic heterocycles. The van der Waals surface area contributed by atoms with Crippen LogP contribution < -0.4 is 10.0 Å². The Morgan fingerprint density at radius 3 is 2.54 bits per heavy atom. The first kappa shape index (κ1) is 18.8. The fourth-order valence-electron chi connectivity index (χ4n) is 2.93. The Kier molecular flexibility index (Phi) is 5.28. The molecule has 1 atom stereocenters. The van der Waals surface area contributed by atoms with Gasteiger partial charge in [0.25, 0.3) is 0 Å². The maximum atomic E-state index is 11.7. The first-order chi connectivity index (χ1) is 12.3. The molecule has 2 aromatic carbocycles. The number of halogens is 1. The summed E-state index contributed by atoms with van der Waals surface area (Å²) in [4.78, 5) is 12.1. The van der Waals surface area contributed by atoms with Crippen LogP contribution in [0.25, 0.3) is 0 Å². The third-order valence-corrected chi connectivity index (χ3v) is 5.59. The number of ether oxygens (including phenoxy) is 1. The monoisotopic (exact) mass is 441 g/mol. The van der Waals surface area contributed by atoms with Gasteiger partial charge in [-0.25, -0.2) is 13.6 Å². The number of nitrogens with zero attached hydrogens (tertiary/aromatic N) is 2. The maximum absolute atomic E-state index is 11.7. The van der Waals surface area contributed by atoms with Crippen molar-refractivity contribution in [3.63, 3.8) is 0 Å². The minimum absolute atomic E-state index is 0.215. The topological polar surface area (TPSA) is 116 Å². The number of nitro benzene ring substituents is 1. The molecule has 1 unspecified atom stereocenters. The van der Waals surface area contributed by atoms with Crippen LogP contribution in [0.15, 0.2) is 51.8 Å². The van der Waals surface area contributed by atoms with Crippen LogP contribution >= 0.6 is 15.9 Å². The van der Waals surface area contributed by atoms with E-state index in [0.717, 1.165) is 16.1 Å². The van der Waals surface area contributed by atoms with E-state index in [9.17, 15) is 18.5 Å². The van der Waals surface area contributed by atoms with Crippen molar-refractivity contribution >= 4 is 37.3 Å². The minimum Gasteiger partial charge on any atom is -0.370 e. The van der Waals surface area contributed by atoms with Crippen molar-refractivity contribution in [2.75, 3.05) is 24.6 Å². The number of primary sulfonamides is 1. The van der Waals surface area contributed by atoms with Crippen molar-refractivity contribution in [2.24, 2.45) is 5.14 Å². The number of hydrogen-bond acceptors (Lipinski definition) is 6. The number of morpholine rings is 1. The summed E-state index contributed by atoms with van der Waals surface area (Å²) < 4.78 is 30.2. The lowest BCUT2D eigenvalue weighted by Gasteiger charge is -2.34. The van der Waals surface area contributed by atoms with E-state index in [1.807, 2.05) is 24.3 Å². The molecule has 0 amide bonds. The van der Waals surface area contributed by atoms with Crippen molar-refractivity contribution in [3.8, 4) is 0 Å². The first-order valence-electron chi connectivity index (χ1n) is 7.69. The van der Waals surface area contributed by atoms with Gasteiger partial charge in [-0.3, -0.25) is 10.1 Å². The summed E-state index contributed by atoms with van der Waals surface area (Å²) in [5.41, 5.74) is 0.640. The molecular weight excluding hydrogens is 426 g/mol. The molecule has 1 fully saturated rings. The zero-order valence-electron chi connectivity index (χ0n) is 13.5. The minimum atomic E-state index is -4.21. The quantitative estimate of drug-likeness (QED) is 0.575. The van der Waals surface area contributed by atoms with Crippen molar-refractivity contribution in [1.82, 2.24) is 0 Å². The van der Waals surface area contributed by atoms with E-state index in [1.165, 1.54) is 12.1 Å². The Hall–Kier alpha value is -2.01. The number of sulfonamides is 1. The van der Waals surface area contributed by atoms with Crippen molar-refractivity contribution < 1.29 is 18.1 Å². The van der Waals surface area contributed by atoms with E-state index in [4.69, 9.17) is 9.88 Å². The summed E-state index contributed by atoms with van der Waals surface area (Å²) in [6.07, 6.45) is -0.283. The second-order valence-electron chi connectivity index (χ2n) is 5.78. The third-order valence-electron chi connectivity index (χ3n) is 4.12. The molecule has 1 aliphatic rings. The average Bonchev–Trinajstić information content (AvgIpc) is 2.61. The normalized spacial score (nSPS) is 17.9. The molecule has 0 spiro atoms. The van der Waals surface area contributed by atoms with Crippen LogP contribution in [-0.2, 0) is 14.8 Å². The van der Waals surface area contributed by atoms with Crippen LogP contribution in [0, 0.1) is 10.1 Å². The Labute approximate surface area is 158 Å². The molecule has 1 heterocycles. The van der Waals surface area contributed by atoms with Crippen LogP contribution in [0.2, 0.25) is 0 Å². The summed E-state index contributed by atoms with van der Waals surface area (Å²) in [7, 11) is -4.21. The van der Waals surface area contributed by atoms with Gasteiger partial charge in [-0.15, -0.1) is 0 Å². The zero-order valence-corrected chi connectivity index (χ0v) is 15.9. The molecule has 0 bridgehead atoms. The van der Waals surface area contributed by atoms with Gasteiger partial charge < -0.3 is 9.64 Å². The van der Waals surface area contributed by atoms with Crippen molar-refractivity contribution in [3.05, 3.63) is 62.6 Å². The number of anilines is 1. The smallest absolute Gasteiger partial charge is 0.312 e. The Morgan fingerprint density at radius 2 is 1.92 bits per heavy atom. The second-order valence-corrected chi connectivity index (χ2v) is 8.23. The number of hydrogen-bond donors (Lipinski definition) is 1. The number of nitro groups is 1. The van der Waals surface area contributed by atoms with Gasteiger partial charge in [0.2, 0.25) is 10.0 Å². The molecule has 8 nitrogen and oxygen atoms in total. The molecule has 3 rings (SSSR count). The van der Waals surface area contributed by atoms with E-state index in [-0.39, 0.29) is 11.8 Å². The second kappa shape index (κ2) is 7.31. The summed E-state index contributed by atoms with van der Waals surface area (Å²) >= 11 is 3.38. The van der Waals surface area contributed by atoms with Crippen molar-refractivity contribution in [2.45, 2.75) is 11.0 Å². The highest BCUT2D eigenvalue weighted by molar-refractivity contribution is 9.10. The molecule has 0 aromatic heterocycles. The summed E-state index contributed by atoms with van der Waals surface area (Å²) in [6.45, 7) is 1.12. The van der Waals surface area contributed by atoms with Gasteiger partial charge in [0.15, 0.2) is 4.90 Å². The standard InChI is InChI=1S/C16H16BrN3O5S/c17-12-6-4-11(5-7-12)14-10-19(8-9-25-14)13-2-1-3-15(26(18,23)24)16(13)20(21)22/h1-7,14H,8-10H2,(H2,18,23,24). The fourth-order valence-corrected chi connectivity index (χ4v) is 3.91. The van der Waals surface area contributed by atoms with Crippen LogP contribution in [0.3, 0.4) is 0 Å². The molecule has 0 saturated carbocycles. The van der Waals surface area contributed by atoms with Gasteiger partial charge in [-0.05, 0) is 29.8 Å². The largest absolute Gasteiger partial charge is 0.370 e. The molecule has 2 N–H and O–H groups in total. The highest BCUT2D eigenvalue weighted by atomic mass is 79.9. The summed E-state index contributed by atoms with van der Waals surface area (Å²) in [5.74, 6) is 0. The predicted molar refractivity (Wildman–Crippen MR) is 99.5 cm³/mol. The molecule has 0 radical (unpaired) electrons.